The van der Waals surface area contributed by atoms with Gasteiger partial charge in [-0.25, -0.2) is 0 Å². The van der Waals surface area contributed by atoms with Crippen LogP contribution >= 0.6 is 0 Å². The van der Waals surface area contributed by atoms with E-state index < -0.39 is 10.8 Å². The van der Waals surface area contributed by atoms with Gasteiger partial charge >= 0.3 is 0 Å². The number of anilines is 1. The van der Waals surface area contributed by atoms with Crippen molar-refractivity contribution in [1.29, 1.82) is 0 Å². The fraction of sp³-hybridized carbons (Fsp3) is 0.500. The summed E-state index contributed by atoms with van der Waals surface area (Å²) in [6, 6.07) is 4.62. The van der Waals surface area contributed by atoms with Crippen molar-refractivity contribution in [2.45, 2.75) is 31.7 Å². The molecule has 1 aliphatic rings. The minimum absolute atomic E-state index is 0.0739. The molecule has 1 fully saturated rings. The fourth-order valence-electron chi connectivity index (χ4n) is 2.88. The molecule has 4 N–H and O–H groups in total. The van der Waals surface area contributed by atoms with Gasteiger partial charge in [0.1, 0.15) is 5.69 Å². The second-order valence-corrected chi connectivity index (χ2v) is 5.25. The molecule has 114 valence electrons. The van der Waals surface area contributed by atoms with Gasteiger partial charge in [-0.2, -0.15) is 0 Å². The normalized spacial score (nSPS) is 18.5. The monoisotopic (exact) mass is 292 g/mol. The summed E-state index contributed by atoms with van der Waals surface area (Å²) in [6.07, 6.45) is 3.88. The lowest BCUT2D eigenvalue weighted by Gasteiger charge is -2.37. The molecule has 1 amide bonds. The number of hydrogen-bond acceptors (Lipinski definition) is 5. The molecule has 0 radical (unpaired) electrons. The molecule has 7 heteroatoms. The molecule has 1 aromatic rings. The molecule has 0 aliphatic carbocycles. The summed E-state index contributed by atoms with van der Waals surface area (Å²) >= 11 is 0. The Morgan fingerprint density at radius 1 is 1.43 bits per heavy atom. The maximum absolute atomic E-state index is 11.3. The first-order valence-corrected chi connectivity index (χ1v) is 7.09. The Kier molecular flexibility index (Phi) is 4.74. The molecule has 1 heterocycles. The number of hydrogen-bond donors (Lipinski definition) is 2. The molecular formula is C14H20N4O3. The molecular weight excluding hydrogens is 272 g/mol. The van der Waals surface area contributed by atoms with Gasteiger partial charge in [0.2, 0.25) is 5.91 Å². The number of carbonyl (C=O) groups excluding carboxylic acids is 1. The van der Waals surface area contributed by atoms with Gasteiger partial charge in [-0.05, 0) is 44.4 Å². The summed E-state index contributed by atoms with van der Waals surface area (Å²) in [7, 11) is 0. The lowest BCUT2D eigenvalue weighted by atomic mass is 9.97. The first-order chi connectivity index (χ1) is 10.0. The first-order valence-electron chi connectivity index (χ1n) is 7.09. The van der Waals surface area contributed by atoms with Crippen molar-refractivity contribution in [2.24, 2.45) is 11.5 Å². The van der Waals surface area contributed by atoms with E-state index in [0.717, 1.165) is 32.2 Å². The van der Waals surface area contributed by atoms with Gasteiger partial charge < -0.3 is 16.4 Å². The minimum atomic E-state index is -0.665. The summed E-state index contributed by atoms with van der Waals surface area (Å²) in [5.74, 6) is -0.665. The molecule has 0 saturated carbocycles. The SMILES string of the molecule is NCCC1CCCCN1c1ccc(C(N)=O)cc1[N+](=O)[O-]. The average molecular weight is 292 g/mol. The van der Waals surface area contributed by atoms with Crippen LogP contribution in [-0.2, 0) is 0 Å². The van der Waals surface area contributed by atoms with Gasteiger partial charge in [0.15, 0.2) is 0 Å². The topological polar surface area (TPSA) is 115 Å². The highest BCUT2D eigenvalue weighted by Gasteiger charge is 2.28. The zero-order valence-corrected chi connectivity index (χ0v) is 11.8. The Labute approximate surface area is 123 Å². The summed E-state index contributed by atoms with van der Waals surface area (Å²) in [4.78, 5) is 24.1. The number of nitro benzene ring substituents is 1. The van der Waals surface area contributed by atoms with Crippen LogP contribution in [0.15, 0.2) is 18.2 Å². The quantitative estimate of drug-likeness (QED) is 0.628. The van der Waals surface area contributed by atoms with Crippen molar-refractivity contribution in [3.8, 4) is 0 Å². The van der Waals surface area contributed by atoms with Crippen molar-refractivity contribution >= 4 is 17.3 Å². The van der Waals surface area contributed by atoms with Crippen LogP contribution < -0.4 is 16.4 Å². The van der Waals surface area contributed by atoms with Crippen LogP contribution in [0.1, 0.15) is 36.0 Å². The Morgan fingerprint density at radius 2 is 2.19 bits per heavy atom. The standard InChI is InChI=1S/C14H20N4O3/c15-7-6-11-3-1-2-8-17(11)12-5-4-10(14(16)19)9-13(12)18(20)21/h4-5,9,11H,1-3,6-8,15H2,(H2,16,19). The molecule has 21 heavy (non-hydrogen) atoms. The number of primary amides is 1. The predicted octanol–water partition coefficient (Wildman–Crippen LogP) is 1.40. The summed E-state index contributed by atoms with van der Waals surface area (Å²) in [5, 5.41) is 11.3. The van der Waals surface area contributed by atoms with E-state index >= 15 is 0 Å². The molecule has 1 atom stereocenters. The van der Waals surface area contributed by atoms with Gasteiger partial charge in [-0.15, -0.1) is 0 Å². The largest absolute Gasteiger partial charge is 0.366 e. The van der Waals surface area contributed by atoms with E-state index in [2.05, 4.69) is 0 Å². The second-order valence-electron chi connectivity index (χ2n) is 5.25. The van der Waals surface area contributed by atoms with Crippen LogP contribution in [0.2, 0.25) is 0 Å². The van der Waals surface area contributed by atoms with Crippen molar-refractivity contribution in [2.75, 3.05) is 18.0 Å². The number of nitrogens with zero attached hydrogens (tertiary/aromatic N) is 2. The van der Waals surface area contributed by atoms with E-state index in [0.29, 0.717) is 12.2 Å². The molecule has 0 spiro atoms. The highest BCUT2D eigenvalue weighted by molar-refractivity contribution is 5.94. The second kappa shape index (κ2) is 6.53. The highest BCUT2D eigenvalue weighted by atomic mass is 16.6. The summed E-state index contributed by atoms with van der Waals surface area (Å²) in [5.41, 5.74) is 11.5. The van der Waals surface area contributed by atoms with Gasteiger partial charge in [0.05, 0.1) is 4.92 Å². The van der Waals surface area contributed by atoms with Crippen LogP contribution in [0.3, 0.4) is 0 Å². The molecule has 1 aromatic carbocycles. The number of carbonyl (C=O) groups is 1. The van der Waals surface area contributed by atoms with Crippen LogP contribution in [0, 0.1) is 10.1 Å². The minimum Gasteiger partial charge on any atom is -0.366 e. The third-order valence-corrected chi connectivity index (χ3v) is 3.89. The van der Waals surface area contributed by atoms with E-state index in [-0.39, 0.29) is 17.3 Å². The fourth-order valence-corrected chi connectivity index (χ4v) is 2.88. The maximum atomic E-state index is 11.3. The number of rotatable bonds is 5. The van der Waals surface area contributed by atoms with Crippen LogP contribution in [0.25, 0.3) is 0 Å². The zero-order valence-electron chi connectivity index (χ0n) is 11.8. The van der Waals surface area contributed by atoms with Crippen molar-refractivity contribution in [3.05, 3.63) is 33.9 Å². The molecule has 2 rings (SSSR count). The van der Waals surface area contributed by atoms with Crippen LogP contribution in [0.5, 0.6) is 0 Å². The number of benzene rings is 1. The number of amides is 1. The van der Waals surface area contributed by atoms with E-state index in [1.165, 1.54) is 6.07 Å². The van der Waals surface area contributed by atoms with E-state index in [1.54, 1.807) is 12.1 Å². The molecule has 1 unspecified atom stereocenters. The predicted molar refractivity (Wildman–Crippen MR) is 80.3 cm³/mol. The third-order valence-electron chi connectivity index (χ3n) is 3.89. The first kappa shape index (κ1) is 15.2. The van der Waals surface area contributed by atoms with Gasteiger partial charge in [0.25, 0.3) is 5.69 Å². The van der Waals surface area contributed by atoms with Crippen LogP contribution in [0.4, 0.5) is 11.4 Å². The molecule has 0 aromatic heterocycles. The smallest absolute Gasteiger partial charge is 0.293 e. The maximum Gasteiger partial charge on any atom is 0.293 e. The Balaban J connectivity index is 2.41. The van der Waals surface area contributed by atoms with Gasteiger partial charge in [0, 0.05) is 24.2 Å². The van der Waals surface area contributed by atoms with E-state index in [4.69, 9.17) is 11.5 Å². The molecule has 1 aliphatic heterocycles. The van der Waals surface area contributed by atoms with Gasteiger partial charge in [-0.3, -0.25) is 14.9 Å². The average Bonchev–Trinajstić information content (AvgIpc) is 2.47. The number of nitro groups is 1. The Bertz CT molecular complexity index is 545. The van der Waals surface area contributed by atoms with Crippen molar-refractivity contribution < 1.29 is 9.72 Å². The van der Waals surface area contributed by atoms with Crippen molar-refractivity contribution in [1.82, 2.24) is 0 Å². The molecule has 0 bridgehead atoms. The highest BCUT2D eigenvalue weighted by Crippen LogP contribution is 2.34. The molecule has 1 saturated heterocycles. The summed E-state index contributed by atoms with van der Waals surface area (Å²) in [6.45, 7) is 1.32. The number of piperidine rings is 1. The lowest BCUT2D eigenvalue weighted by molar-refractivity contribution is -0.384. The summed E-state index contributed by atoms with van der Waals surface area (Å²) < 4.78 is 0. The zero-order chi connectivity index (χ0) is 15.4. The van der Waals surface area contributed by atoms with Crippen LogP contribution in [-0.4, -0.2) is 30.0 Å². The lowest BCUT2D eigenvalue weighted by Crippen LogP contribution is -2.41. The Morgan fingerprint density at radius 3 is 2.81 bits per heavy atom. The molecule has 7 nitrogen and oxygen atoms in total. The van der Waals surface area contributed by atoms with E-state index in [9.17, 15) is 14.9 Å². The van der Waals surface area contributed by atoms with Gasteiger partial charge in [-0.1, -0.05) is 0 Å². The number of nitrogens with two attached hydrogens (primary N) is 2. The van der Waals surface area contributed by atoms with Crippen molar-refractivity contribution in [3.63, 3.8) is 0 Å². The Hall–Kier alpha value is -2.15. The van der Waals surface area contributed by atoms with E-state index in [1.807, 2.05) is 4.90 Å². The third kappa shape index (κ3) is 3.30.